The zero-order valence-corrected chi connectivity index (χ0v) is 14.3. The molecule has 0 atom stereocenters. The number of nitrogens with one attached hydrogen (secondary N) is 2. The standard InChI is InChI=1S/C19H18N2O3S/c22-18(7-1-4-16-5-3-13-25-16)20-14-8-10-15(11-9-14)21-19(23)17-6-2-12-24-17/h2-3,5-6,8-13H,1,4,7H2,(H,20,22)(H,21,23). The molecule has 2 heterocycles. The van der Waals surface area contributed by atoms with E-state index in [4.69, 9.17) is 4.42 Å². The minimum absolute atomic E-state index is 0.0103. The van der Waals surface area contributed by atoms with Crippen molar-refractivity contribution in [3.8, 4) is 0 Å². The first kappa shape index (κ1) is 17.0. The first-order valence-electron chi connectivity index (χ1n) is 7.98. The lowest BCUT2D eigenvalue weighted by atomic mass is 10.2. The van der Waals surface area contributed by atoms with Crippen molar-refractivity contribution < 1.29 is 14.0 Å². The number of hydrogen-bond donors (Lipinski definition) is 2. The molecule has 0 aliphatic carbocycles. The van der Waals surface area contributed by atoms with E-state index in [0.717, 1.165) is 12.8 Å². The second-order valence-corrected chi connectivity index (χ2v) is 6.52. The molecule has 3 aromatic rings. The van der Waals surface area contributed by atoms with Crippen molar-refractivity contribution in [2.45, 2.75) is 19.3 Å². The topological polar surface area (TPSA) is 71.3 Å². The predicted octanol–water partition coefficient (Wildman–Crippen LogP) is 4.55. The van der Waals surface area contributed by atoms with Gasteiger partial charge in [-0.3, -0.25) is 9.59 Å². The molecule has 0 unspecified atom stereocenters. The van der Waals surface area contributed by atoms with Gasteiger partial charge in [0.2, 0.25) is 5.91 Å². The van der Waals surface area contributed by atoms with Gasteiger partial charge < -0.3 is 15.1 Å². The Morgan fingerprint density at radius 1 is 0.960 bits per heavy atom. The lowest BCUT2D eigenvalue weighted by Gasteiger charge is -2.07. The highest BCUT2D eigenvalue weighted by Crippen LogP contribution is 2.16. The highest BCUT2D eigenvalue weighted by Gasteiger charge is 2.09. The molecule has 128 valence electrons. The van der Waals surface area contributed by atoms with E-state index >= 15 is 0 Å². The van der Waals surface area contributed by atoms with Crippen LogP contribution in [-0.2, 0) is 11.2 Å². The first-order valence-corrected chi connectivity index (χ1v) is 8.86. The number of furan rings is 1. The summed E-state index contributed by atoms with van der Waals surface area (Å²) in [6.07, 6.45) is 3.67. The van der Waals surface area contributed by atoms with Crippen LogP contribution in [0.2, 0.25) is 0 Å². The predicted molar refractivity (Wildman–Crippen MR) is 99.0 cm³/mol. The van der Waals surface area contributed by atoms with E-state index < -0.39 is 0 Å². The Hall–Kier alpha value is -2.86. The van der Waals surface area contributed by atoms with E-state index in [1.165, 1.54) is 11.1 Å². The summed E-state index contributed by atoms with van der Waals surface area (Å²) in [5.74, 6) is -0.0672. The van der Waals surface area contributed by atoms with Gasteiger partial charge in [0.25, 0.3) is 5.91 Å². The molecule has 3 rings (SSSR count). The smallest absolute Gasteiger partial charge is 0.291 e. The lowest BCUT2D eigenvalue weighted by Crippen LogP contribution is -2.12. The molecular formula is C19H18N2O3S. The van der Waals surface area contributed by atoms with Crippen LogP contribution in [0.25, 0.3) is 0 Å². The van der Waals surface area contributed by atoms with Crippen molar-refractivity contribution in [2.75, 3.05) is 10.6 Å². The molecule has 0 fully saturated rings. The molecule has 0 bridgehead atoms. The fourth-order valence-corrected chi connectivity index (χ4v) is 3.09. The van der Waals surface area contributed by atoms with E-state index in [1.807, 2.05) is 11.4 Å². The van der Waals surface area contributed by atoms with Crippen LogP contribution in [0.15, 0.2) is 64.6 Å². The number of rotatable bonds is 7. The molecule has 2 amide bonds. The normalized spacial score (nSPS) is 10.4. The molecule has 2 N–H and O–H groups in total. The maximum Gasteiger partial charge on any atom is 0.291 e. The van der Waals surface area contributed by atoms with E-state index in [1.54, 1.807) is 47.7 Å². The average molecular weight is 354 g/mol. The van der Waals surface area contributed by atoms with Gasteiger partial charge >= 0.3 is 0 Å². The largest absolute Gasteiger partial charge is 0.459 e. The summed E-state index contributed by atoms with van der Waals surface area (Å²) < 4.78 is 5.04. The number of hydrogen-bond acceptors (Lipinski definition) is 4. The lowest BCUT2D eigenvalue weighted by molar-refractivity contribution is -0.116. The summed E-state index contributed by atoms with van der Waals surface area (Å²) in [5, 5.41) is 7.64. The summed E-state index contributed by atoms with van der Waals surface area (Å²) in [7, 11) is 0. The number of carbonyl (C=O) groups excluding carboxylic acids is 2. The molecule has 0 radical (unpaired) electrons. The van der Waals surface area contributed by atoms with E-state index in [-0.39, 0.29) is 17.6 Å². The number of anilines is 2. The summed E-state index contributed by atoms with van der Waals surface area (Å²) in [4.78, 5) is 25.1. The van der Waals surface area contributed by atoms with Crippen molar-refractivity contribution in [1.82, 2.24) is 0 Å². The fourth-order valence-electron chi connectivity index (χ4n) is 2.34. The zero-order chi connectivity index (χ0) is 17.5. The molecule has 0 saturated heterocycles. The molecule has 0 aliphatic rings. The van der Waals surface area contributed by atoms with Crippen LogP contribution >= 0.6 is 11.3 Å². The summed E-state index contributed by atoms with van der Waals surface area (Å²) in [5.41, 5.74) is 1.34. The Morgan fingerprint density at radius 2 is 1.72 bits per heavy atom. The van der Waals surface area contributed by atoms with Crippen molar-refractivity contribution >= 4 is 34.5 Å². The van der Waals surface area contributed by atoms with Crippen LogP contribution in [0, 0.1) is 0 Å². The number of thiophene rings is 1. The van der Waals surface area contributed by atoms with Gasteiger partial charge in [-0.2, -0.15) is 0 Å². The molecule has 25 heavy (non-hydrogen) atoms. The SMILES string of the molecule is O=C(CCCc1cccs1)Nc1ccc(NC(=O)c2ccco2)cc1. The minimum Gasteiger partial charge on any atom is -0.459 e. The van der Waals surface area contributed by atoms with Crippen molar-refractivity contribution in [2.24, 2.45) is 0 Å². The van der Waals surface area contributed by atoms with Crippen LogP contribution in [0.1, 0.15) is 28.3 Å². The van der Waals surface area contributed by atoms with Gasteiger partial charge in [-0.1, -0.05) is 6.07 Å². The molecule has 0 spiro atoms. The Morgan fingerprint density at radius 3 is 2.36 bits per heavy atom. The Balaban J connectivity index is 1.45. The van der Waals surface area contributed by atoms with Crippen LogP contribution in [0.5, 0.6) is 0 Å². The highest BCUT2D eigenvalue weighted by atomic mass is 32.1. The molecule has 0 aliphatic heterocycles. The number of benzene rings is 1. The Labute approximate surface area is 149 Å². The third-order valence-corrected chi connectivity index (χ3v) is 4.51. The summed E-state index contributed by atoms with van der Waals surface area (Å²) in [6, 6.07) is 14.4. The molecule has 5 nitrogen and oxygen atoms in total. The van der Waals surface area contributed by atoms with Crippen LogP contribution in [0.3, 0.4) is 0 Å². The average Bonchev–Trinajstić information content (AvgIpc) is 3.30. The fraction of sp³-hybridized carbons (Fsp3) is 0.158. The quantitative estimate of drug-likeness (QED) is 0.653. The second kappa shape index (κ2) is 8.30. The van der Waals surface area contributed by atoms with Gasteiger partial charge in [0.1, 0.15) is 0 Å². The molecule has 6 heteroatoms. The van der Waals surface area contributed by atoms with E-state index in [9.17, 15) is 9.59 Å². The van der Waals surface area contributed by atoms with Gasteiger partial charge in [-0.05, 0) is 60.7 Å². The van der Waals surface area contributed by atoms with E-state index in [0.29, 0.717) is 17.8 Å². The number of aryl methyl sites for hydroxylation is 1. The zero-order valence-electron chi connectivity index (χ0n) is 13.5. The van der Waals surface area contributed by atoms with Gasteiger partial charge in [0.05, 0.1) is 6.26 Å². The number of carbonyl (C=O) groups is 2. The molecular weight excluding hydrogens is 336 g/mol. The second-order valence-electron chi connectivity index (χ2n) is 5.49. The first-order chi connectivity index (χ1) is 12.2. The third kappa shape index (κ3) is 5.06. The van der Waals surface area contributed by atoms with Gasteiger partial charge in [-0.15, -0.1) is 11.3 Å². The van der Waals surface area contributed by atoms with Crippen molar-refractivity contribution in [3.05, 3.63) is 70.8 Å². The van der Waals surface area contributed by atoms with Gasteiger partial charge in [-0.25, -0.2) is 0 Å². The number of amides is 2. The van der Waals surface area contributed by atoms with E-state index in [2.05, 4.69) is 16.7 Å². The highest BCUT2D eigenvalue weighted by molar-refractivity contribution is 7.09. The van der Waals surface area contributed by atoms with Crippen LogP contribution in [0.4, 0.5) is 11.4 Å². The maximum absolute atomic E-state index is 12.0. The minimum atomic E-state index is -0.310. The van der Waals surface area contributed by atoms with Crippen LogP contribution in [-0.4, -0.2) is 11.8 Å². The molecule has 2 aromatic heterocycles. The third-order valence-electron chi connectivity index (χ3n) is 3.58. The van der Waals surface area contributed by atoms with Crippen molar-refractivity contribution in [1.29, 1.82) is 0 Å². The van der Waals surface area contributed by atoms with Gasteiger partial charge in [0, 0.05) is 22.7 Å². The summed E-state index contributed by atoms with van der Waals surface area (Å²) in [6.45, 7) is 0. The monoisotopic (exact) mass is 354 g/mol. The summed E-state index contributed by atoms with van der Waals surface area (Å²) >= 11 is 1.71. The van der Waals surface area contributed by atoms with Crippen LogP contribution < -0.4 is 10.6 Å². The maximum atomic E-state index is 12.0. The molecule has 1 aromatic carbocycles. The van der Waals surface area contributed by atoms with Gasteiger partial charge in [0.15, 0.2) is 5.76 Å². The molecule has 0 saturated carbocycles. The van der Waals surface area contributed by atoms with Crippen molar-refractivity contribution in [3.63, 3.8) is 0 Å². The Kier molecular flexibility index (Phi) is 5.64. The Bertz CT molecular complexity index is 809.